The molecule has 0 bridgehead atoms. The normalized spacial score (nSPS) is 27.6. The molecule has 1 fully saturated rings. The van der Waals surface area contributed by atoms with Crippen molar-refractivity contribution in [3.8, 4) is 0 Å². The van der Waals surface area contributed by atoms with Gasteiger partial charge < -0.3 is 10.6 Å². The monoisotopic (exact) mass is 220 g/mol. The van der Waals surface area contributed by atoms with E-state index in [1.165, 1.54) is 12.0 Å². The maximum atomic E-state index is 6.01. The Morgan fingerprint density at radius 2 is 2.06 bits per heavy atom. The van der Waals surface area contributed by atoms with Crippen molar-refractivity contribution < 1.29 is 0 Å². The summed E-state index contributed by atoms with van der Waals surface area (Å²) < 4.78 is 0. The lowest BCUT2D eigenvalue weighted by molar-refractivity contribution is 0.328. The number of hydrogen-bond acceptors (Lipinski definition) is 4. The molecule has 0 spiro atoms. The van der Waals surface area contributed by atoms with Gasteiger partial charge in [-0.15, -0.1) is 0 Å². The Morgan fingerprint density at radius 3 is 2.75 bits per heavy atom. The number of hydrogen-bond donors (Lipinski definition) is 1. The van der Waals surface area contributed by atoms with Crippen molar-refractivity contribution in [1.29, 1.82) is 0 Å². The summed E-state index contributed by atoms with van der Waals surface area (Å²) in [6, 6.07) is 0. The van der Waals surface area contributed by atoms with Crippen LogP contribution in [0.4, 0.5) is 0 Å². The summed E-state index contributed by atoms with van der Waals surface area (Å²) in [6.07, 6.45) is 8.87. The van der Waals surface area contributed by atoms with Gasteiger partial charge >= 0.3 is 0 Å². The molecular formula is C12H20N4. The molecule has 4 heteroatoms. The first-order valence-corrected chi connectivity index (χ1v) is 5.91. The number of aromatic nitrogens is 2. The topological polar surface area (TPSA) is 55.0 Å². The third-order valence-corrected chi connectivity index (χ3v) is 3.73. The second kappa shape index (κ2) is 4.89. The lowest BCUT2D eigenvalue weighted by Crippen LogP contribution is -2.36. The summed E-state index contributed by atoms with van der Waals surface area (Å²) in [5.74, 6) is 0. The largest absolute Gasteiger partial charge is 0.330 e. The summed E-state index contributed by atoms with van der Waals surface area (Å²) in [5.41, 5.74) is 7.30. The summed E-state index contributed by atoms with van der Waals surface area (Å²) in [5, 5.41) is 0. The molecule has 2 heterocycles. The maximum Gasteiger partial charge on any atom is 0.115 e. The Morgan fingerprint density at radius 1 is 1.31 bits per heavy atom. The van der Waals surface area contributed by atoms with Gasteiger partial charge in [-0.25, -0.2) is 9.97 Å². The Balaban J connectivity index is 2.25. The standard InChI is InChI=1S/C12H20N4/c1-16-5-2-3-12(9-13,4-6-16)11-7-14-10-15-8-11/h7-8,10H,2-6,9,13H2,1H3. The number of nitrogens with zero attached hydrogens (tertiary/aromatic N) is 3. The van der Waals surface area contributed by atoms with Crippen LogP contribution in [-0.2, 0) is 5.41 Å². The fraction of sp³-hybridized carbons (Fsp3) is 0.667. The molecule has 1 aromatic rings. The minimum atomic E-state index is 0.0893. The van der Waals surface area contributed by atoms with E-state index in [2.05, 4.69) is 21.9 Å². The molecule has 1 saturated heterocycles. The third-order valence-electron chi connectivity index (χ3n) is 3.73. The molecule has 0 saturated carbocycles. The highest BCUT2D eigenvalue weighted by Gasteiger charge is 2.32. The summed E-state index contributed by atoms with van der Waals surface area (Å²) in [4.78, 5) is 10.6. The Hall–Kier alpha value is -1.00. The van der Waals surface area contributed by atoms with Gasteiger partial charge in [0.25, 0.3) is 0 Å². The van der Waals surface area contributed by atoms with Crippen molar-refractivity contribution in [2.45, 2.75) is 24.7 Å². The molecule has 0 aromatic carbocycles. The molecule has 1 aliphatic rings. The molecular weight excluding hydrogens is 200 g/mol. The highest BCUT2D eigenvalue weighted by molar-refractivity contribution is 5.20. The van der Waals surface area contributed by atoms with Crippen molar-refractivity contribution in [3.63, 3.8) is 0 Å². The molecule has 1 aromatic heterocycles. The zero-order valence-corrected chi connectivity index (χ0v) is 9.89. The molecule has 1 atom stereocenters. The third kappa shape index (κ3) is 2.23. The Labute approximate surface area is 96.9 Å². The van der Waals surface area contributed by atoms with Gasteiger partial charge in [-0.2, -0.15) is 0 Å². The molecule has 0 radical (unpaired) electrons. The van der Waals surface area contributed by atoms with Crippen LogP contribution in [0.15, 0.2) is 18.7 Å². The molecule has 2 rings (SSSR count). The fourth-order valence-electron chi connectivity index (χ4n) is 2.51. The lowest BCUT2D eigenvalue weighted by atomic mass is 9.76. The first-order chi connectivity index (χ1) is 7.77. The first kappa shape index (κ1) is 11.5. The van der Waals surface area contributed by atoms with Gasteiger partial charge in [-0.1, -0.05) is 0 Å². The first-order valence-electron chi connectivity index (χ1n) is 5.91. The predicted molar refractivity (Wildman–Crippen MR) is 64.1 cm³/mol. The number of nitrogens with two attached hydrogens (primary N) is 1. The second-order valence-electron chi connectivity index (χ2n) is 4.77. The maximum absolute atomic E-state index is 6.01. The second-order valence-corrected chi connectivity index (χ2v) is 4.77. The molecule has 0 amide bonds. The van der Waals surface area contributed by atoms with Crippen LogP contribution >= 0.6 is 0 Å². The zero-order chi connectivity index (χ0) is 11.4. The zero-order valence-electron chi connectivity index (χ0n) is 9.89. The van der Waals surface area contributed by atoms with E-state index in [9.17, 15) is 0 Å². The van der Waals surface area contributed by atoms with E-state index >= 15 is 0 Å². The average Bonchev–Trinajstić information content (AvgIpc) is 2.53. The van der Waals surface area contributed by atoms with Crippen LogP contribution in [0.5, 0.6) is 0 Å². The SMILES string of the molecule is CN1CCCC(CN)(c2cncnc2)CC1. The molecule has 88 valence electrons. The quantitative estimate of drug-likeness (QED) is 0.800. The average molecular weight is 220 g/mol. The van der Waals surface area contributed by atoms with Crippen LogP contribution in [0.25, 0.3) is 0 Å². The smallest absolute Gasteiger partial charge is 0.115 e. The lowest BCUT2D eigenvalue weighted by Gasteiger charge is -2.31. The van der Waals surface area contributed by atoms with Crippen molar-refractivity contribution in [1.82, 2.24) is 14.9 Å². The van der Waals surface area contributed by atoms with E-state index in [1.54, 1.807) is 6.33 Å². The van der Waals surface area contributed by atoms with Crippen LogP contribution in [0.1, 0.15) is 24.8 Å². The number of likely N-dealkylation sites (tertiary alicyclic amines) is 1. The van der Waals surface area contributed by atoms with E-state index < -0.39 is 0 Å². The van der Waals surface area contributed by atoms with Crippen LogP contribution < -0.4 is 5.73 Å². The van der Waals surface area contributed by atoms with Gasteiger partial charge in [-0.05, 0) is 45.0 Å². The van der Waals surface area contributed by atoms with Gasteiger partial charge in [0.15, 0.2) is 0 Å². The highest BCUT2D eigenvalue weighted by atomic mass is 15.1. The van der Waals surface area contributed by atoms with Crippen molar-refractivity contribution in [2.24, 2.45) is 5.73 Å². The van der Waals surface area contributed by atoms with E-state index in [1.807, 2.05) is 12.4 Å². The van der Waals surface area contributed by atoms with E-state index in [0.29, 0.717) is 6.54 Å². The van der Waals surface area contributed by atoms with Crippen LogP contribution in [0.3, 0.4) is 0 Å². The van der Waals surface area contributed by atoms with E-state index in [4.69, 9.17) is 5.73 Å². The Kier molecular flexibility index (Phi) is 3.51. The summed E-state index contributed by atoms with van der Waals surface area (Å²) in [7, 11) is 2.17. The fourth-order valence-corrected chi connectivity index (χ4v) is 2.51. The summed E-state index contributed by atoms with van der Waals surface area (Å²) >= 11 is 0. The molecule has 1 aliphatic heterocycles. The number of rotatable bonds is 2. The summed E-state index contributed by atoms with van der Waals surface area (Å²) in [6.45, 7) is 2.95. The van der Waals surface area contributed by atoms with Gasteiger partial charge in [0.2, 0.25) is 0 Å². The predicted octanol–water partition coefficient (Wildman–Crippen LogP) is 0.789. The molecule has 1 unspecified atom stereocenters. The molecule has 4 nitrogen and oxygen atoms in total. The molecule has 16 heavy (non-hydrogen) atoms. The van der Waals surface area contributed by atoms with Crippen molar-refractivity contribution in [2.75, 3.05) is 26.7 Å². The van der Waals surface area contributed by atoms with E-state index in [-0.39, 0.29) is 5.41 Å². The highest BCUT2D eigenvalue weighted by Crippen LogP contribution is 2.33. The van der Waals surface area contributed by atoms with Crippen molar-refractivity contribution >= 4 is 0 Å². The molecule has 0 aliphatic carbocycles. The van der Waals surface area contributed by atoms with Crippen LogP contribution in [0.2, 0.25) is 0 Å². The minimum Gasteiger partial charge on any atom is -0.330 e. The van der Waals surface area contributed by atoms with Gasteiger partial charge in [0.05, 0.1) is 0 Å². The van der Waals surface area contributed by atoms with Crippen LogP contribution in [-0.4, -0.2) is 41.5 Å². The van der Waals surface area contributed by atoms with Gasteiger partial charge in [-0.3, -0.25) is 0 Å². The Bertz CT molecular complexity index is 327. The van der Waals surface area contributed by atoms with Crippen LogP contribution in [0, 0.1) is 0 Å². The van der Waals surface area contributed by atoms with Gasteiger partial charge in [0.1, 0.15) is 6.33 Å². The van der Waals surface area contributed by atoms with Crippen molar-refractivity contribution in [3.05, 3.63) is 24.3 Å². The minimum absolute atomic E-state index is 0.0893. The molecule has 2 N–H and O–H groups in total. The van der Waals surface area contributed by atoms with E-state index in [0.717, 1.165) is 25.9 Å². The van der Waals surface area contributed by atoms with Gasteiger partial charge in [0, 0.05) is 24.4 Å².